The van der Waals surface area contributed by atoms with Gasteiger partial charge in [0.05, 0.1) is 27.4 Å². The summed E-state index contributed by atoms with van der Waals surface area (Å²) in [6.07, 6.45) is 3.13. The van der Waals surface area contributed by atoms with E-state index < -0.39 is 0 Å². The molecule has 7 heteroatoms. The molecule has 2 aromatic carbocycles. The number of rotatable bonds is 6. The SMILES string of the molecule is COc1ccc(/C=C/C(=O)Nc2ccc(C(=O)N3CCOCC3)cc2)cc1OC. The number of hydrogen-bond acceptors (Lipinski definition) is 5. The van der Waals surface area contributed by atoms with Crippen molar-refractivity contribution in [3.8, 4) is 11.5 Å². The fourth-order valence-electron chi connectivity index (χ4n) is 2.96. The number of carbonyl (C=O) groups excluding carboxylic acids is 2. The molecule has 0 aromatic heterocycles. The average Bonchev–Trinajstić information content (AvgIpc) is 2.78. The number of amides is 2. The first-order chi connectivity index (χ1) is 14.1. The quantitative estimate of drug-likeness (QED) is 0.760. The molecule has 1 aliphatic rings. The minimum Gasteiger partial charge on any atom is -0.493 e. The lowest BCUT2D eigenvalue weighted by atomic mass is 10.1. The fourth-order valence-corrected chi connectivity index (χ4v) is 2.96. The zero-order valence-corrected chi connectivity index (χ0v) is 16.5. The van der Waals surface area contributed by atoms with E-state index in [2.05, 4.69) is 5.32 Å². The molecule has 1 N–H and O–H groups in total. The van der Waals surface area contributed by atoms with Crippen LogP contribution >= 0.6 is 0 Å². The molecule has 1 heterocycles. The average molecular weight is 396 g/mol. The van der Waals surface area contributed by atoms with Crippen LogP contribution in [-0.2, 0) is 9.53 Å². The molecule has 2 amide bonds. The van der Waals surface area contributed by atoms with Crippen LogP contribution in [0.25, 0.3) is 6.08 Å². The zero-order chi connectivity index (χ0) is 20.6. The van der Waals surface area contributed by atoms with Crippen LogP contribution < -0.4 is 14.8 Å². The summed E-state index contributed by atoms with van der Waals surface area (Å²) in [6, 6.07) is 12.3. The van der Waals surface area contributed by atoms with Crippen molar-refractivity contribution in [3.63, 3.8) is 0 Å². The highest BCUT2D eigenvalue weighted by Gasteiger charge is 2.18. The van der Waals surface area contributed by atoms with E-state index in [0.717, 1.165) is 5.56 Å². The highest BCUT2D eigenvalue weighted by atomic mass is 16.5. The molecule has 0 bridgehead atoms. The monoisotopic (exact) mass is 396 g/mol. The molecule has 7 nitrogen and oxygen atoms in total. The molecule has 2 aromatic rings. The van der Waals surface area contributed by atoms with Gasteiger partial charge in [0.1, 0.15) is 0 Å². The van der Waals surface area contributed by atoms with Crippen LogP contribution in [0.3, 0.4) is 0 Å². The molecule has 0 aliphatic carbocycles. The number of morpholine rings is 1. The van der Waals surface area contributed by atoms with Crippen LogP contribution in [0.5, 0.6) is 11.5 Å². The fraction of sp³-hybridized carbons (Fsp3) is 0.273. The first kappa shape index (κ1) is 20.4. The third-order valence-corrected chi connectivity index (χ3v) is 4.53. The number of hydrogen-bond donors (Lipinski definition) is 1. The Morgan fingerprint density at radius 3 is 2.34 bits per heavy atom. The van der Waals surface area contributed by atoms with E-state index in [4.69, 9.17) is 14.2 Å². The van der Waals surface area contributed by atoms with E-state index >= 15 is 0 Å². The largest absolute Gasteiger partial charge is 0.493 e. The molecule has 3 rings (SSSR count). The van der Waals surface area contributed by atoms with Gasteiger partial charge in [-0.3, -0.25) is 9.59 Å². The Morgan fingerprint density at radius 1 is 1.00 bits per heavy atom. The second-order valence-corrected chi connectivity index (χ2v) is 6.42. The Bertz CT molecular complexity index is 887. The molecule has 1 saturated heterocycles. The molecular weight excluding hydrogens is 372 g/mol. The molecule has 1 aliphatic heterocycles. The predicted octanol–water partition coefficient (Wildman–Crippen LogP) is 2.83. The minimum absolute atomic E-state index is 0.0282. The standard InChI is InChI=1S/C22H24N2O5/c1-27-19-9-3-16(15-20(19)28-2)4-10-21(25)23-18-7-5-17(6-8-18)22(26)24-11-13-29-14-12-24/h3-10,15H,11-14H2,1-2H3,(H,23,25)/b10-4+. The van der Waals surface area contributed by atoms with Crippen molar-refractivity contribution in [2.75, 3.05) is 45.8 Å². The normalized spacial score (nSPS) is 13.9. The third-order valence-electron chi connectivity index (χ3n) is 4.53. The lowest BCUT2D eigenvalue weighted by Crippen LogP contribution is -2.40. The maximum atomic E-state index is 12.4. The number of carbonyl (C=O) groups is 2. The van der Waals surface area contributed by atoms with Gasteiger partial charge in [-0.15, -0.1) is 0 Å². The highest BCUT2D eigenvalue weighted by Crippen LogP contribution is 2.28. The van der Waals surface area contributed by atoms with Gasteiger partial charge in [0, 0.05) is 30.4 Å². The topological polar surface area (TPSA) is 77.1 Å². The summed E-state index contributed by atoms with van der Waals surface area (Å²) in [5.74, 6) is 0.919. The van der Waals surface area contributed by atoms with Crippen LogP contribution in [0, 0.1) is 0 Å². The lowest BCUT2D eigenvalue weighted by Gasteiger charge is -2.26. The van der Waals surface area contributed by atoms with Gasteiger partial charge in [0.15, 0.2) is 11.5 Å². The summed E-state index contributed by atoms with van der Waals surface area (Å²) in [5.41, 5.74) is 2.01. The van der Waals surface area contributed by atoms with Crippen molar-refractivity contribution < 1.29 is 23.8 Å². The molecule has 0 radical (unpaired) electrons. The van der Waals surface area contributed by atoms with Crippen molar-refractivity contribution in [3.05, 3.63) is 59.7 Å². The molecule has 0 unspecified atom stereocenters. The highest BCUT2D eigenvalue weighted by molar-refractivity contribution is 6.02. The van der Waals surface area contributed by atoms with Gasteiger partial charge in [0.2, 0.25) is 5.91 Å². The number of nitrogens with zero attached hydrogens (tertiary/aromatic N) is 1. The summed E-state index contributed by atoms with van der Waals surface area (Å²) in [6.45, 7) is 2.31. The molecular formula is C22H24N2O5. The maximum absolute atomic E-state index is 12.4. The van der Waals surface area contributed by atoms with Gasteiger partial charge in [-0.05, 0) is 48.0 Å². The van der Waals surface area contributed by atoms with E-state index in [1.54, 1.807) is 61.6 Å². The summed E-state index contributed by atoms with van der Waals surface area (Å²) in [5, 5.41) is 2.78. The van der Waals surface area contributed by atoms with E-state index in [1.165, 1.54) is 6.08 Å². The van der Waals surface area contributed by atoms with E-state index in [1.807, 2.05) is 6.07 Å². The second kappa shape index (κ2) is 9.75. The Hall–Kier alpha value is -3.32. The first-order valence-electron chi connectivity index (χ1n) is 9.29. The zero-order valence-electron chi connectivity index (χ0n) is 16.5. The lowest BCUT2D eigenvalue weighted by molar-refractivity contribution is -0.111. The number of nitrogens with one attached hydrogen (secondary N) is 1. The van der Waals surface area contributed by atoms with Crippen LogP contribution in [0.4, 0.5) is 5.69 Å². The molecule has 1 fully saturated rings. The van der Waals surface area contributed by atoms with Gasteiger partial charge in [-0.25, -0.2) is 0 Å². The Kier molecular flexibility index (Phi) is 6.86. The van der Waals surface area contributed by atoms with Crippen molar-refractivity contribution in [1.82, 2.24) is 4.90 Å². The Labute approximate surface area is 169 Å². The molecule has 0 saturated carbocycles. The third kappa shape index (κ3) is 5.36. The minimum atomic E-state index is -0.271. The van der Waals surface area contributed by atoms with Gasteiger partial charge >= 0.3 is 0 Å². The van der Waals surface area contributed by atoms with Crippen LogP contribution in [0.2, 0.25) is 0 Å². The number of methoxy groups -OCH3 is 2. The Balaban J connectivity index is 1.59. The predicted molar refractivity (Wildman–Crippen MR) is 110 cm³/mol. The molecule has 0 spiro atoms. The van der Waals surface area contributed by atoms with Crippen molar-refractivity contribution in [1.29, 1.82) is 0 Å². The summed E-state index contributed by atoms with van der Waals surface area (Å²) in [7, 11) is 3.13. The van der Waals surface area contributed by atoms with E-state index in [0.29, 0.717) is 49.1 Å². The molecule has 29 heavy (non-hydrogen) atoms. The number of ether oxygens (including phenoxy) is 3. The van der Waals surface area contributed by atoms with Gasteiger partial charge in [-0.1, -0.05) is 6.07 Å². The molecule has 152 valence electrons. The van der Waals surface area contributed by atoms with Gasteiger partial charge < -0.3 is 24.4 Å². The van der Waals surface area contributed by atoms with Crippen molar-refractivity contribution in [2.45, 2.75) is 0 Å². The smallest absolute Gasteiger partial charge is 0.254 e. The second-order valence-electron chi connectivity index (χ2n) is 6.42. The first-order valence-corrected chi connectivity index (χ1v) is 9.29. The maximum Gasteiger partial charge on any atom is 0.254 e. The van der Waals surface area contributed by atoms with Crippen LogP contribution in [0.1, 0.15) is 15.9 Å². The molecule has 0 atom stereocenters. The van der Waals surface area contributed by atoms with Crippen molar-refractivity contribution >= 4 is 23.6 Å². The summed E-state index contributed by atoms with van der Waals surface area (Å²) in [4.78, 5) is 26.4. The summed E-state index contributed by atoms with van der Waals surface area (Å²) >= 11 is 0. The van der Waals surface area contributed by atoms with E-state index in [9.17, 15) is 9.59 Å². The van der Waals surface area contributed by atoms with Gasteiger partial charge in [0.25, 0.3) is 5.91 Å². The number of anilines is 1. The van der Waals surface area contributed by atoms with Crippen LogP contribution in [-0.4, -0.2) is 57.2 Å². The van der Waals surface area contributed by atoms with E-state index in [-0.39, 0.29) is 11.8 Å². The summed E-state index contributed by atoms with van der Waals surface area (Å²) < 4.78 is 15.7. The Morgan fingerprint density at radius 2 is 1.69 bits per heavy atom. The van der Waals surface area contributed by atoms with Gasteiger partial charge in [-0.2, -0.15) is 0 Å². The van der Waals surface area contributed by atoms with Crippen molar-refractivity contribution in [2.24, 2.45) is 0 Å². The number of benzene rings is 2. The van der Waals surface area contributed by atoms with Crippen LogP contribution in [0.15, 0.2) is 48.5 Å².